The van der Waals surface area contributed by atoms with Gasteiger partial charge in [-0.3, -0.25) is 4.79 Å². The van der Waals surface area contributed by atoms with Crippen LogP contribution in [0.2, 0.25) is 5.02 Å². The van der Waals surface area contributed by atoms with Crippen molar-refractivity contribution >= 4 is 40.6 Å². The third-order valence-corrected chi connectivity index (χ3v) is 3.92. The molecule has 1 rings (SSSR count). The maximum Gasteiger partial charge on any atom is 0.237 e. The van der Waals surface area contributed by atoms with E-state index in [1.165, 1.54) is 11.8 Å². The minimum atomic E-state index is -0.819. The first-order chi connectivity index (χ1) is 8.93. The SMILES string of the molecule is CC(SCC(O)CO)C(=O)Nc1ccc(Cl)cc1N. The van der Waals surface area contributed by atoms with Crippen molar-refractivity contribution in [1.82, 2.24) is 0 Å². The highest BCUT2D eigenvalue weighted by molar-refractivity contribution is 8.00. The third-order valence-electron chi connectivity index (χ3n) is 2.39. The molecular formula is C12H17ClN2O3S. The standard InChI is InChI=1S/C12H17ClN2O3S/c1-7(19-6-9(17)5-16)12(18)15-11-3-2-8(13)4-10(11)14/h2-4,7,9,16-17H,5-6,14H2,1H3,(H,15,18). The van der Waals surface area contributed by atoms with Crippen LogP contribution in [0.1, 0.15) is 6.92 Å². The highest BCUT2D eigenvalue weighted by Crippen LogP contribution is 2.23. The Bertz CT molecular complexity index is 445. The van der Waals surface area contributed by atoms with Crippen molar-refractivity contribution in [2.45, 2.75) is 18.3 Å². The molecule has 0 fully saturated rings. The van der Waals surface area contributed by atoms with Crippen LogP contribution < -0.4 is 11.1 Å². The predicted octanol–water partition coefficient (Wildman–Crippen LogP) is 1.34. The molecule has 0 aliphatic rings. The zero-order valence-corrected chi connectivity index (χ0v) is 12.0. The van der Waals surface area contributed by atoms with Crippen molar-refractivity contribution in [3.05, 3.63) is 23.2 Å². The Hall–Kier alpha value is -0.950. The summed E-state index contributed by atoms with van der Waals surface area (Å²) >= 11 is 7.02. The van der Waals surface area contributed by atoms with Crippen LogP contribution in [0.4, 0.5) is 11.4 Å². The van der Waals surface area contributed by atoms with Crippen molar-refractivity contribution < 1.29 is 15.0 Å². The van der Waals surface area contributed by atoms with Crippen LogP contribution in [0, 0.1) is 0 Å². The van der Waals surface area contributed by atoms with Crippen LogP contribution in [0.5, 0.6) is 0 Å². The summed E-state index contributed by atoms with van der Waals surface area (Å²) in [5.41, 5.74) is 6.64. The van der Waals surface area contributed by atoms with E-state index in [4.69, 9.17) is 22.4 Å². The Morgan fingerprint density at radius 3 is 2.84 bits per heavy atom. The topological polar surface area (TPSA) is 95.6 Å². The van der Waals surface area contributed by atoms with E-state index in [1.807, 2.05) is 0 Å². The van der Waals surface area contributed by atoms with Gasteiger partial charge in [-0.15, -0.1) is 11.8 Å². The normalized spacial score (nSPS) is 13.9. The number of hydrogen-bond donors (Lipinski definition) is 4. The van der Waals surface area contributed by atoms with E-state index in [-0.39, 0.29) is 17.8 Å². The lowest BCUT2D eigenvalue weighted by molar-refractivity contribution is -0.115. The third kappa shape index (κ3) is 5.28. The van der Waals surface area contributed by atoms with Gasteiger partial charge in [0.1, 0.15) is 0 Å². The lowest BCUT2D eigenvalue weighted by Crippen LogP contribution is -2.25. The van der Waals surface area contributed by atoms with Crippen LogP contribution in [-0.4, -0.2) is 39.8 Å². The lowest BCUT2D eigenvalue weighted by Gasteiger charge is -2.14. The van der Waals surface area contributed by atoms with Crippen molar-refractivity contribution in [2.75, 3.05) is 23.4 Å². The number of rotatable bonds is 6. The van der Waals surface area contributed by atoms with Gasteiger partial charge in [0.05, 0.1) is 29.3 Å². The molecule has 0 bridgehead atoms. The Morgan fingerprint density at radius 1 is 1.58 bits per heavy atom. The quantitative estimate of drug-likeness (QED) is 0.595. The minimum absolute atomic E-state index is 0.218. The molecule has 2 unspecified atom stereocenters. The van der Waals surface area contributed by atoms with Gasteiger partial charge in [0, 0.05) is 10.8 Å². The number of nitrogen functional groups attached to an aromatic ring is 1. The second-order valence-corrected chi connectivity index (χ2v) is 5.84. The maximum absolute atomic E-state index is 11.9. The number of nitrogens with two attached hydrogens (primary N) is 1. The number of amides is 1. The van der Waals surface area contributed by atoms with Crippen LogP contribution >= 0.6 is 23.4 Å². The van der Waals surface area contributed by atoms with E-state index in [0.717, 1.165) is 0 Å². The number of thioether (sulfide) groups is 1. The van der Waals surface area contributed by atoms with Crippen molar-refractivity contribution in [3.63, 3.8) is 0 Å². The average Bonchev–Trinajstić information content (AvgIpc) is 2.38. The van der Waals surface area contributed by atoms with E-state index in [9.17, 15) is 9.90 Å². The van der Waals surface area contributed by atoms with Crippen molar-refractivity contribution in [2.24, 2.45) is 0 Å². The highest BCUT2D eigenvalue weighted by atomic mass is 35.5. The Kier molecular flexibility index (Phi) is 6.44. The summed E-state index contributed by atoms with van der Waals surface area (Å²) in [6.45, 7) is 1.40. The number of aliphatic hydroxyl groups excluding tert-OH is 2. The lowest BCUT2D eigenvalue weighted by atomic mass is 10.2. The summed E-state index contributed by atoms with van der Waals surface area (Å²) in [6, 6.07) is 4.83. The van der Waals surface area contributed by atoms with E-state index < -0.39 is 6.10 Å². The summed E-state index contributed by atoms with van der Waals surface area (Å²) < 4.78 is 0. The van der Waals surface area contributed by atoms with E-state index in [0.29, 0.717) is 22.2 Å². The molecule has 2 atom stereocenters. The monoisotopic (exact) mass is 304 g/mol. The second kappa shape index (κ2) is 7.59. The molecule has 0 saturated carbocycles. The zero-order valence-electron chi connectivity index (χ0n) is 10.5. The van der Waals surface area contributed by atoms with Crippen LogP contribution in [0.3, 0.4) is 0 Å². The summed E-state index contributed by atoms with van der Waals surface area (Å²) in [6.07, 6.45) is -0.819. The van der Waals surface area contributed by atoms with Crippen LogP contribution in [0.25, 0.3) is 0 Å². The number of nitrogens with one attached hydrogen (secondary N) is 1. The predicted molar refractivity (Wildman–Crippen MR) is 79.5 cm³/mol. The molecule has 1 amide bonds. The summed E-state index contributed by atoms with van der Waals surface area (Å²) in [5.74, 6) is 0.0745. The molecule has 0 spiro atoms. The molecular weight excluding hydrogens is 288 g/mol. The average molecular weight is 305 g/mol. The maximum atomic E-state index is 11.9. The first-order valence-electron chi connectivity index (χ1n) is 5.70. The highest BCUT2D eigenvalue weighted by Gasteiger charge is 2.16. The molecule has 7 heteroatoms. The van der Waals surface area contributed by atoms with Gasteiger partial charge in [-0.1, -0.05) is 11.6 Å². The molecule has 1 aromatic carbocycles. The van der Waals surface area contributed by atoms with Crippen molar-refractivity contribution in [3.8, 4) is 0 Å². The zero-order chi connectivity index (χ0) is 14.4. The molecule has 19 heavy (non-hydrogen) atoms. The Labute approximate surface area is 121 Å². The van der Waals surface area contributed by atoms with Gasteiger partial charge >= 0.3 is 0 Å². The smallest absolute Gasteiger partial charge is 0.237 e. The fourth-order valence-electron chi connectivity index (χ4n) is 1.27. The van der Waals surface area contributed by atoms with Crippen molar-refractivity contribution in [1.29, 1.82) is 0 Å². The minimum Gasteiger partial charge on any atom is -0.397 e. The van der Waals surface area contributed by atoms with Crippen LogP contribution in [0.15, 0.2) is 18.2 Å². The number of carbonyl (C=O) groups is 1. The number of benzene rings is 1. The first-order valence-corrected chi connectivity index (χ1v) is 7.13. The van der Waals surface area contributed by atoms with Gasteiger partial charge in [0.2, 0.25) is 5.91 Å². The van der Waals surface area contributed by atoms with Gasteiger partial charge in [0.25, 0.3) is 0 Å². The molecule has 0 radical (unpaired) electrons. The molecule has 0 aromatic heterocycles. The molecule has 0 aliphatic heterocycles. The van der Waals surface area contributed by atoms with Gasteiger partial charge in [0.15, 0.2) is 0 Å². The van der Waals surface area contributed by atoms with Gasteiger partial charge in [-0.05, 0) is 25.1 Å². The molecule has 0 saturated heterocycles. The Morgan fingerprint density at radius 2 is 2.26 bits per heavy atom. The van der Waals surface area contributed by atoms with Gasteiger partial charge in [-0.25, -0.2) is 0 Å². The molecule has 0 heterocycles. The fraction of sp³-hybridized carbons (Fsp3) is 0.417. The molecule has 5 N–H and O–H groups in total. The van der Waals surface area contributed by atoms with E-state index >= 15 is 0 Å². The summed E-state index contributed by atoms with van der Waals surface area (Å²) in [5, 5.41) is 20.7. The van der Waals surface area contributed by atoms with E-state index in [2.05, 4.69) is 5.32 Å². The molecule has 106 valence electrons. The number of carbonyl (C=O) groups excluding carboxylic acids is 1. The molecule has 1 aromatic rings. The van der Waals surface area contributed by atoms with Gasteiger partial charge in [-0.2, -0.15) is 0 Å². The number of halogens is 1. The fourth-order valence-corrected chi connectivity index (χ4v) is 2.27. The first kappa shape index (κ1) is 16.1. The number of hydrogen-bond acceptors (Lipinski definition) is 5. The second-order valence-electron chi connectivity index (χ2n) is 4.03. The largest absolute Gasteiger partial charge is 0.397 e. The summed E-state index contributed by atoms with van der Waals surface area (Å²) in [7, 11) is 0. The number of anilines is 2. The Balaban J connectivity index is 2.54. The van der Waals surface area contributed by atoms with Gasteiger partial charge < -0.3 is 21.3 Å². The van der Waals surface area contributed by atoms with Crippen LogP contribution in [-0.2, 0) is 4.79 Å². The summed E-state index contributed by atoms with van der Waals surface area (Å²) in [4.78, 5) is 11.9. The molecule has 0 aliphatic carbocycles. The van der Waals surface area contributed by atoms with E-state index in [1.54, 1.807) is 25.1 Å². The molecule has 5 nitrogen and oxygen atoms in total. The number of aliphatic hydroxyl groups is 2.